The first-order valence-corrected chi connectivity index (χ1v) is 6.45. The van der Waals surface area contributed by atoms with Crippen molar-refractivity contribution >= 4 is 5.82 Å². The minimum atomic E-state index is -0.615. The van der Waals surface area contributed by atoms with Gasteiger partial charge in [0.05, 0.1) is 11.3 Å². The molecule has 2 rings (SSSR count). The highest BCUT2D eigenvalue weighted by molar-refractivity contribution is 5.70. The van der Waals surface area contributed by atoms with Crippen LogP contribution in [0.3, 0.4) is 0 Å². The topological polar surface area (TPSA) is 37.8 Å². The molecule has 0 bridgehead atoms. The van der Waals surface area contributed by atoms with Crippen LogP contribution in [0.4, 0.5) is 14.6 Å². The first-order chi connectivity index (χ1) is 9.47. The zero-order valence-electron chi connectivity index (χ0n) is 12.0. The number of halogens is 2. The van der Waals surface area contributed by atoms with E-state index in [1.54, 1.807) is 14.0 Å². The Kier molecular flexibility index (Phi) is 3.97. The van der Waals surface area contributed by atoms with Gasteiger partial charge in [-0.2, -0.15) is 0 Å². The van der Waals surface area contributed by atoms with Crippen molar-refractivity contribution in [3.05, 3.63) is 41.2 Å². The summed E-state index contributed by atoms with van der Waals surface area (Å²) in [5.74, 6) is -0.568. The third-order valence-corrected chi connectivity index (χ3v) is 3.22. The minimum absolute atomic E-state index is 0.0352. The van der Waals surface area contributed by atoms with E-state index in [4.69, 9.17) is 0 Å². The Hall–Kier alpha value is -2.04. The molecule has 1 aromatic heterocycles. The van der Waals surface area contributed by atoms with E-state index in [-0.39, 0.29) is 11.5 Å². The van der Waals surface area contributed by atoms with Crippen LogP contribution in [0.2, 0.25) is 0 Å². The molecule has 0 aliphatic carbocycles. The standard InChI is InChI=1S/C15H17F2N3/c1-8(2)11-14(19-7-20-15(11)18-4)12-10(16)6-5-9(3)13(12)17/h5-8H,1-4H3,(H,18,19,20). The molecular weight excluding hydrogens is 260 g/mol. The number of nitrogens with zero attached hydrogens (tertiary/aromatic N) is 2. The number of nitrogens with one attached hydrogen (secondary N) is 1. The van der Waals surface area contributed by atoms with Crippen LogP contribution in [0.1, 0.15) is 30.9 Å². The van der Waals surface area contributed by atoms with Crippen LogP contribution in [0.5, 0.6) is 0 Å². The molecule has 0 saturated heterocycles. The fourth-order valence-electron chi connectivity index (χ4n) is 2.21. The molecule has 0 atom stereocenters. The number of hydrogen-bond acceptors (Lipinski definition) is 3. The van der Waals surface area contributed by atoms with Crippen molar-refractivity contribution in [3.8, 4) is 11.3 Å². The molecule has 5 heteroatoms. The Bertz CT molecular complexity index is 639. The maximum absolute atomic E-state index is 14.3. The monoisotopic (exact) mass is 277 g/mol. The van der Waals surface area contributed by atoms with Gasteiger partial charge in [0.25, 0.3) is 0 Å². The molecule has 1 N–H and O–H groups in total. The fourth-order valence-corrected chi connectivity index (χ4v) is 2.21. The van der Waals surface area contributed by atoms with E-state index in [9.17, 15) is 8.78 Å². The Labute approximate surface area is 117 Å². The molecule has 1 heterocycles. The number of benzene rings is 1. The molecular formula is C15H17F2N3. The number of rotatable bonds is 3. The van der Waals surface area contributed by atoms with Gasteiger partial charge < -0.3 is 5.32 Å². The van der Waals surface area contributed by atoms with Gasteiger partial charge >= 0.3 is 0 Å². The summed E-state index contributed by atoms with van der Waals surface area (Å²) in [5, 5.41) is 2.94. The fraction of sp³-hybridized carbons (Fsp3) is 0.333. The lowest BCUT2D eigenvalue weighted by Gasteiger charge is -2.17. The maximum Gasteiger partial charge on any atom is 0.138 e. The third kappa shape index (κ3) is 2.35. The summed E-state index contributed by atoms with van der Waals surface area (Å²) < 4.78 is 28.4. The van der Waals surface area contributed by atoms with Gasteiger partial charge in [-0.15, -0.1) is 0 Å². The van der Waals surface area contributed by atoms with Crippen LogP contribution >= 0.6 is 0 Å². The molecule has 0 aliphatic heterocycles. The molecule has 1 aromatic carbocycles. The van der Waals surface area contributed by atoms with Gasteiger partial charge in [0.2, 0.25) is 0 Å². The van der Waals surface area contributed by atoms with Gasteiger partial charge in [-0.25, -0.2) is 18.7 Å². The van der Waals surface area contributed by atoms with Gasteiger partial charge in [-0.1, -0.05) is 19.9 Å². The molecule has 0 amide bonds. The third-order valence-electron chi connectivity index (χ3n) is 3.22. The molecule has 0 fully saturated rings. The molecule has 0 unspecified atom stereocenters. The van der Waals surface area contributed by atoms with Crippen LogP contribution in [0.25, 0.3) is 11.3 Å². The van der Waals surface area contributed by atoms with E-state index in [0.717, 1.165) is 0 Å². The van der Waals surface area contributed by atoms with Gasteiger partial charge in [0.1, 0.15) is 23.8 Å². The van der Waals surface area contributed by atoms with Gasteiger partial charge in [0.15, 0.2) is 0 Å². The molecule has 2 aromatic rings. The lowest BCUT2D eigenvalue weighted by molar-refractivity contribution is 0.582. The smallest absolute Gasteiger partial charge is 0.138 e. The number of aromatic nitrogens is 2. The Balaban J connectivity index is 2.80. The summed E-state index contributed by atoms with van der Waals surface area (Å²) in [6.07, 6.45) is 1.31. The van der Waals surface area contributed by atoms with Crippen LogP contribution in [-0.2, 0) is 0 Å². The van der Waals surface area contributed by atoms with Crippen LogP contribution in [0.15, 0.2) is 18.5 Å². The number of aryl methyl sites for hydroxylation is 1. The van der Waals surface area contributed by atoms with E-state index in [1.807, 2.05) is 13.8 Å². The lowest BCUT2D eigenvalue weighted by Crippen LogP contribution is -2.07. The second-order valence-corrected chi connectivity index (χ2v) is 4.94. The molecule has 20 heavy (non-hydrogen) atoms. The van der Waals surface area contributed by atoms with E-state index >= 15 is 0 Å². The van der Waals surface area contributed by atoms with Crippen molar-refractivity contribution in [2.24, 2.45) is 0 Å². The predicted octanol–water partition coefficient (Wildman–Crippen LogP) is 3.90. The van der Waals surface area contributed by atoms with Crippen molar-refractivity contribution in [2.45, 2.75) is 26.7 Å². The first-order valence-electron chi connectivity index (χ1n) is 6.45. The Morgan fingerprint density at radius 2 is 1.85 bits per heavy atom. The first kappa shape index (κ1) is 14.4. The zero-order chi connectivity index (χ0) is 14.9. The highest BCUT2D eigenvalue weighted by Crippen LogP contribution is 2.35. The maximum atomic E-state index is 14.3. The summed E-state index contributed by atoms with van der Waals surface area (Å²) in [6, 6.07) is 2.68. The normalized spacial score (nSPS) is 10.9. The summed E-state index contributed by atoms with van der Waals surface area (Å²) in [7, 11) is 1.72. The highest BCUT2D eigenvalue weighted by Gasteiger charge is 2.22. The molecule has 0 saturated carbocycles. The van der Waals surface area contributed by atoms with E-state index in [1.165, 1.54) is 18.5 Å². The second kappa shape index (κ2) is 5.53. The van der Waals surface area contributed by atoms with Crippen molar-refractivity contribution in [1.29, 1.82) is 0 Å². The molecule has 0 radical (unpaired) electrons. The number of anilines is 1. The Morgan fingerprint density at radius 3 is 2.45 bits per heavy atom. The average molecular weight is 277 g/mol. The van der Waals surface area contributed by atoms with E-state index in [0.29, 0.717) is 22.6 Å². The largest absolute Gasteiger partial charge is 0.373 e. The van der Waals surface area contributed by atoms with Crippen LogP contribution in [-0.4, -0.2) is 17.0 Å². The zero-order valence-corrected chi connectivity index (χ0v) is 12.0. The summed E-state index contributed by atoms with van der Waals surface area (Å²) in [5.41, 5.74) is 1.31. The average Bonchev–Trinajstić information content (AvgIpc) is 2.42. The minimum Gasteiger partial charge on any atom is -0.373 e. The van der Waals surface area contributed by atoms with Crippen molar-refractivity contribution in [2.75, 3.05) is 12.4 Å². The van der Waals surface area contributed by atoms with Gasteiger partial charge in [-0.05, 0) is 24.5 Å². The second-order valence-electron chi connectivity index (χ2n) is 4.94. The van der Waals surface area contributed by atoms with E-state index in [2.05, 4.69) is 15.3 Å². The molecule has 3 nitrogen and oxygen atoms in total. The van der Waals surface area contributed by atoms with Crippen molar-refractivity contribution < 1.29 is 8.78 Å². The van der Waals surface area contributed by atoms with Gasteiger partial charge in [0, 0.05) is 12.6 Å². The van der Waals surface area contributed by atoms with Crippen LogP contribution < -0.4 is 5.32 Å². The predicted molar refractivity (Wildman–Crippen MR) is 75.8 cm³/mol. The SMILES string of the molecule is CNc1ncnc(-c2c(F)ccc(C)c2F)c1C(C)C. The number of hydrogen-bond donors (Lipinski definition) is 1. The molecule has 0 aliphatic rings. The molecule has 0 spiro atoms. The summed E-state index contributed by atoms with van der Waals surface area (Å²) in [6.45, 7) is 5.48. The highest BCUT2D eigenvalue weighted by atomic mass is 19.1. The lowest BCUT2D eigenvalue weighted by atomic mass is 9.95. The van der Waals surface area contributed by atoms with E-state index < -0.39 is 11.6 Å². The van der Waals surface area contributed by atoms with Crippen molar-refractivity contribution in [1.82, 2.24) is 9.97 Å². The summed E-state index contributed by atoms with van der Waals surface area (Å²) >= 11 is 0. The quantitative estimate of drug-likeness (QED) is 0.924. The van der Waals surface area contributed by atoms with Crippen molar-refractivity contribution in [3.63, 3.8) is 0 Å². The van der Waals surface area contributed by atoms with Gasteiger partial charge in [-0.3, -0.25) is 0 Å². The van der Waals surface area contributed by atoms with Crippen LogP contribution in [0, 0.1) is 18.6 Å². The Morgan fingerprint density at radius 1 is 1.15 bits per heavy atom. The summed E-state index contributed by atoms with van der Waals surface area (Å²) in [4.78, 5) is 8.23. The molecule has 106 valence electrons.